The number of rotatable bonds is 6. The maximum absolute atomic E-state index is 9.12. The van der Waals surface area contributed by atoms with Crippen molar-refractivity contribution in [2.45, 2.75) is 39.3 Å². The highest BCUT2D eigenvalue weighted by Gasteiger charge is 2.22. The third-order valence-electron chi connectivity index (χ3n) is 5.14. The summed E-state index contributed by atoms with van der Waals surface area (Å²) >= 11 is 0. The van der Waals surface area contributed by atoms with Crippen molar-refractivity contribution in [3.8, 4) is 0 Å². The highest BCUT2D eigenvalue weighted by Crippen LogP contribution is 2.33. The first-order chi connectivity index (χ1) is 11.6. The van der Waals surface area contributed by atoms with E-state index in [0.29, 0.717) is 12.5 Å². The molecule has 2 N–H and O–H groups in total. The van der Waals surface area contributed by atoms with Crippen molar-refractivity contribution in [2.24, 2.45) is 0 Å². The van der Waals surface area contributed by atoms with Gasteiger partial charge in [-0.15, -0.1) is 0 Å². The summed E-state index contributed by atoms with van der Waals surface area (Å²) in [6.45, 7) is 7.73. The number of anilines is 1. The minimum Gasteiger partial charge on any atom is -0.394 e. The van der Waals surface area contributed by atoms with Crippen LogP contribution in [0.1, 0.15) is 34.9 Å². The monoisotopic (exact) mass is 328 g/mol. The second kappa shape index (κ2) is 7.36. The van der Waals surface area contributed by atoms with Crippen molar-refractivity contribution in [3.05, 3.63) is 46.8 Å². The summed E-state index contributed by atoms with van der Waals surface area (Å²) in [6.07, 6.45) is 1.18. The molecule has 0 fully saturated rings. The van der Waals surface area contributed by atoms with E-state index in [-0.39, 0.29) is 6.61 Å². The van der Waals surface area contributed by atoms with Gasteiger partial charge in [0, 0.05) is 49.5 Å². The molecule has 5 heteroatoms. The number of aliphatic hydroxyl groups is 1. The topological polar surface area (TPSA) is 53.3 Å². The number of aryl methyl sites for hydroxylation is 1. The molecule has 1 aromatic carbocycles. The number of fused-ring (bicyclic) bond motifs is 1. The van der Waals surface area contributed by atoms with Crippen LogP contribution in [0.5, 0.6) is 0 Å². The molecule has 1 aromatic heterocycles. The molecule has 5 nitrogen and oxygen atoms in total. The molecule has 2 aromatic rings. The van der Waals surface area contributed by atoms with Gasteiger partial charge in [-0.25, -0.2) is 0 Å². The van der Waals surface area contributed by atoms with E-state index in [4.69, 9.17) is 5.11 Å². The highest BCUT2D eigenvalue weighted by molar-refractivity contribution is 5.56. The van der Waals surface area contributed by atoms with Crippen LogP contribution in [0.4, 0.5) is 5.69 Å². The summed E-state index contributed by atoms with van der Waals surface area (Å²) in [5.74, 6) is 0.561. The molecule has 2 heterocycles. The Morgan fingerprint density at radius 3 is 2.88 bits per heavy atom. The standard InChI is InChI=1S/C19H28N4O/c1-14-18(15(2)23(21-14)10-11-24)13-20-12-16-8-9-22(3)19-7-5-4-6-17(16)19/h4-7,16,20,24H,8-13H2,1-3H3. The lowest BCUT2D eigenvalue weighted by Crippen LogP contribution is -2.32. The molecule has 1 atom stereocenters. The van der Waals surface area contributed by atoms with Gasteiger partial charge in [-0.1, -0.05) is 18.2 Å². The van der Waals surface area contributed by atoms with Gasteiger partial charge in [0.2, 0.25) is 0 Å². The highest BCUT2D eigenvalue weighted by atomic mass is 16.3. The lowest BCUT2D eigenvalue weighted by atomic mass is 9.90. The Balaban J connectivity index is 1.65. The van der Waals surface area contributed by atoms with Gasteiger partial charge in [0.15, 0.2) is 0 Å². The minimum atomic E-state index is 0.126. The summed E-state index contributed by atoms with van der Waals surface area (Å²) in [5, 5.41) is 17.3. The van der Waals surface area contributed by atoms with E-state index in [9.17, 15) is 0 Å². The summed E-state index contributed by atoms with van der Waals surface area (Å²) in [7, 11) is 2.17. The molecule has 0 saturated heterocycles. The zero-order valence-corrected chi connectivity index (χ0v) is 14.9. The summed E-state index contributed by atoms with van der Waals surface area (Å²) in [4.78, 5) is 2.35. The Morgan fingerprint density at radius 2 is 2.08 bits per heavy atom. The van der Waals surface area contributed by atoms with Gasteiger partial charge >= 0.3 is 0 Å². The van der Waals surface area contributed by atoms with Crippen molar-refractivity contribution in [2.75, 3.05) is 31.6 Å². The zero-order chi connectivity index (χ0) is 17.1. The Morgan fingerprint density at radius 1 is 1.29 bits per heavy atom. The maximum Gasteiger partial charge on any atom is 0.0644 e. The SMILES string of the molecule is Cc1nn(CCO)c(C)c1CNCC1CCN(C)c2ccccc21. The number of para-hydroxylation sites is 1. The van der Waals surface area contributed by atoms with Crippen LogP contribution in [-0.2, 0) is 13.1 Å². The number of aliphatic hydroxyl groups excluding tert-OH is 1. The average molecular weight is 328 g/mol. The van der Waals surface area contributed by atoms with Crippen LogP contribution in [0.15, 0.2) is 24.3 Å². The molecular weight excluding hydrogens is 300 g/mol. The van der Waals surface area contributed by atoms with Crippen molar-refractivity contribution >= 4 is 5.69 Å². The van der Waals surface area contributed by atoms with Crippen LogP contribution in [-0.4, -0.2) is 41.6 Å². The first-order valence-electron chi connectivity index (χ1n) is 8.76. The van der Waals surface area contributed by atoms with Crippen LogP contribution in [0, 0.1) is 13.8 Å². The first-order valence-corrected chi connectivity index (χ1v) is 8.76. The van der Waals surface area contributed by atoms with E-state index in [2.05, 4.69) is 53.6 Å². The van der Waals surface area contributed by atoms with Gasteiger partial charge in [-0.2, -0.15) is 5.10 Å². The number of hydrogen-bond donors (Lipinski definition) is 2. The second-order valence-electron chi connectivity index (χ2n) is 6.69. The molecule has 130 valence electrons. The molecule has 0 spiro atoms. The number of nitrogens with one attached hydrogen (secondary N) is 1. The van der Waals surface area contributed by atoms with Crippen molar-refractivity contribution < 1.29 is 5.11 Å². The normalized spacial score (nSPS) is 17.2. The quantitative estimate of drug-likeness (QED) is 0.854. The Bertz CT molecular complexity index is 695. The Hall–Kier alpha value is -1.85. The summed E-state index contributed by atoms with van der Waals surface area (Å²) in [6, 6.07) is 8.73. The van der Waals surface area contributed by atoms with Gasteiger partial charge < -0.3 is 15.3 Å². The van der Waals surface area contributed by atoms with E-state index in [1.54, 1.807) is 0 Å². The predicted octanol–water partition coefficient (Wildman–Crippen LogP) is 2.21. The van der Waals surface area contributed by atoms with Crippen molar-refractivity contribution in [3.63, 3.8) is 0 Å². The molecule has 0 aliphatic carbocycles. The summed E-state index contributed by atoms with van der Waals surface area (Å²) < 4.78 is 1.90. The van der Waals surface area contributed by atoms with Gasteiger partial charge in [0.1, 0.15) is 0 Å². The van der Waals surface area contributed by atoms with Crippen LogP contribution in [0.3, 0.4) is 0 Å². The lowest BCUT2D eigenvalue weighted by molar-refractivity contribution is 0.267. The lowest BCUT2D eigenvalue weighted by Gasteiger charge is -2.33. The van der Waals surface area contributed by atoms with E-state index in [1.165, 1.54) is 23.2 Å². The predicted molar refractivity (Wildman–Crippen MR) is 97.6 cm³/mol. The molecule has 1 unspecified atom stereocenters. The summed E-state index contributed by atoms with van der Waals surface area (Å²) in [5.41, 5.74) is 6.27. The van der Waals surface area contributed by atoms with Gasteiger partial charge in [0.05, 0.1) is 18.8 Å². The number of nitrogens with zero attached hydrogens (tertiary/aromatic N) is 3. The molecule has 24 heavy (non-hydrogen) atoms. The zero-order valence-electron chi connectivity index (χ0n) is 14.9. The third-order valence-corrected chi connectivity index (χ3v) is 5.14. The van der Waals surface area contributed by atoms with E-state index in [0.717, 1.165) is 31.0 Å². The van der Waals surface area contributed by atoms with Crippen molar-refractivity contribution in [1.29, 1.82) is 0 Å². The first kappa shape index (κ1) is 17.0. The molecule has 0 bridgehead atoms. The molecule has 1 aliphatic heterocycles. The minimum absolute atomic E-state index is 0.126. The third kappa shape index (κ3) is 3.32. The number of hydrogen-bond acceptors (Lipinski definition) is 4. The molecule has 0 saturated carbocycles. The van der Waals surface area contributed by atoms with E-state index < -0.39 is 0 Å². The molecule has 1 aliphatic rings. The largest absolute Gasteiger partial charge is 0.394 e. The Kier molecular flexibility index (Phi) is 5.21. The van der Waals surface area contributed by atoms with E-state index >= 15 is 0 Å². The van der Waals surface area contributed by atoms with Gasteiger partial charge in [-0.3, -0.25) is 4.68 Å². The van der Waals surface area contributed by atoms with E-state index in [1.807, 2.05) is 11.6 Å². The fourth-order valence-electron chi connectivity index (χ4n) is 3.69. The fraction of sp³-hybridized carbons (Fsp3) is 0.526. The molecular formula is C19H28N4O. The van der Waals surface area contributed by atoms with Crippen LogP contribution in [0.2, 0.25) is 0 Å². The van der Waals surface area contributed by atoms with Gasteiger partial charge in [0.25, 0.3) is 0 Å². The number of aromatic nitrogens is 2. The molecule has 3 rings (SSSR count). The Labute approximate surface area is 144 Å². The number of benzene rings is 1. The van der Waals surface area contributed by atoms with Crippen LogP contribution in [0.25, 0.3) is 0 Å². The smallest absolute Gasteiger partial charge is 0.0644 e. The second-order valence-corrected chi connectivity index (χ2v) is 6.69. The van der Waals surface area contributed by atoms with Crippen LogP contribution < -0.4 is 10.2 Å². The maximum atomic E-state index is 9.12. The molecule has 0 amide bonds. The molecule has 0 radical (unpaired) electrons. The average Bonchev–Trinajstić information content (AvgIpc) is 2.85. The fourth-order valence-corrected chi connectivity index (χ4v) is 3.69. The van der Waals surface area contributed by atoms with Crippen LogP contribution >= 0.6 is 0 Å². The van der Waals surface area contributed by atoms with Gasteiger partial charge in [-0.05, 0) is 31.9 Å². The van der Waals surface area contributed by atoms with Crippen molar-refractivity contribution in [1.82, 2.24) is 15.1 Å².